The summed E-state index contributed by atoms with van der Waals surface area (Å²) in [6, 6.07) is 17.1. The fraction of sp³-hybridized carbons (Fsp3) is 0.531. The summed E-state index contributed by atoms with van der Waals surface area (Å²) in [7, 11) is 0. The van der Waals surface area contributed by atoms with Gasteiger partial charge in [0.2, 0.25) is 11.8 Å². The second kappa shape index (κ2) is 16.8. The Bertz CT molecular complexity index is 1110. The molecule has 5 atom stereocenters. The van der Waals surface area contributed by atoms with Gasteiger partial charge in [-0.25, -0.2) is 4.79 Å². The van der Waals surface area contributed by atoms with Crippen LogP contribution in [0.1, 0.15) is 52.2 Å². The van der Waals surface area contributed by atoms with E-state index in [1.165, 1.54) is 0 Å². The highest BCUT2D eigenvalue weighted by molar-refractivity contribution is 5.88. The number of rotatable bonds is 15. The highest BCUT2D eigenvalue weighted by atomic mass is 16.6. The van der Waals surface area contributed by atoms with Crippen LogP contribution in [0.3, 0.4) is 0 Å². The van der Waals surface area contributed by atoms with Gasteiger partial charge in [-0.2, -0.15) is 0 Å². The van der Waals surface area contributed by atoms with Gasteiger partial charge in [-0.1, -0.05) is 74.5 Å². The Morgan fingerprint density at radius 2 is 1.38 bits per heavy atom. The molecule has 0 aliphatic rings. The summed E-state index contributed by atoms with van der Waals surface area (Å²) in [6.07, 6.45) is -2.30. The molecule has 2 rings (SSSR count). The number of aliphatic hydroxyl groups is 3. The lowest BCUT2D eigenvalue weighted by molar-refractivity contribution is -0.133. The van der Waals surface area contributed by atoms with Crippen molar-refractivity contribution in [3.05, 3.63) is 71.8 Å². The van der Waals surface area contributed by atoms with Crippen LogP contribution in [0.5, 0.6) is 0 Å². The average Bonchev–Trinajstić information content (AvgIpc) is 2.93. The molecule has 0 spiro atoms. The maximum Gasteiger partial charge on any atom is 0.407 e. The van der Waals surface area contributed by atoms with E-state index in [1.807, 2.05) is 60.7 Å². The first-order chi connectivity index (χ1) is 19.8. The van der Waals surface area contributed by atoms with Crippen LogP contribution in [0.4, 0.5) is 4.79 Å². The Hall–Kier alpha value is -3.47. The van der Waals surface area contributed by atoms with Crippen LogP contribution in [0, 0.1) is 11.8 Å². The van der Waals surface area contributed by atoms with Crippen LogP contribution in [-0.2, 0) is 27.2 Å². The molecule has 2 aromatic carbocycles. The van der Waals surface area contributed by atoms with Gasteiger partial charge in [-0.15, -0.1) is 0 Å². The zero-order valence-electron chi connectivity index (χ0n) is 25.2. The molecule has 232 valence electrons. The van der Waals surface area contributed by atoms with E-state index in [0.29, 0.717) is 12.8 Å². The first-order valence-electron chi connectivity index (χ1n) is 14.4. The molecule has 0 aliphatic heterocycles. The van der Waals surface area contributed by atoms with Crippen LogP contribution in [0.15, 0.2) is 60.7 Å². The van der Waals surface area contributed by atoms with Crippen molar-refractivity contribution in [2.45, 2.75) is 83.8 Å². The number of aliphatic hydroxyl groups excluding tert-OH is 3. The topological polar surface area (TPSA) is 157 Å². The summed E-state index contributed by atoms with van der Waals surface area (Å²) in [5.41, 5.74) is 1.03. The van der Waals surface area contributed by atoms with Crippen molar-refractivity contribution >= 4 is 17.9 Å². The second-order valence-corrected chi connectivity index (χ2v) is 11.9. The smallest absolute Gasteiger partial charge is 0.407 e. The number of hydrogen-bond acceptors (Lipinski definition) is 7. The highest BCUT2D eigenvalue weighted by Crippen LogP contribution is 2.20. The second-order valence-electron chi connectivity index (χ2n) is 11.9. The van der Waals surface area contributed by atoms with E-state index in [1.54, 1.807) is 34.6 Å². The molecule has 1 unspecified atom stereocenters. The summed E-state index contributed by atoms with van der Waals surface area (Å²) < 4.78 is 5.44. The minimum Gasteiger partial charge on any atom is -0.444 e. The minimum atomic E-state index is -1.12. The van der Waals surface area contributed by atoms with Crippen LogP contribution in [-0.4, -0.2) is 76.3 Å². The molecule has 0 saturated carbocycles. The monoisotopic (exact) mass is 585 g/mol. The van der Waals surface area contributed by atoms with Gasteiger partial charge < -0.3 is 36.0 Å². The largest absolute Gasteiger partial charge is 0.444 e. The summed E-state index contributed by atoms with van der Waals surface area (Å²) in [5.74, 6) is -1.93. The van der Waals surface area contributed by atoms with E-state index in [0.717, 1.165) is 11.1 Å². The van der Waals surface area contributed by atoms with Crippen molar-refractivity contribution in [1.29, 1.82) is 0 Å². The van der Waals surface area contributed by atoms with Crippen molar-refractivity contribution in [3.8, 4) is 0 Å². The predicted octanol–water partition coefficient (Wildman–Crippen LogP) is 2.34. The zero-order valence-corrected chi connectivity index (χ0v) is 25.2. The summed E-state index contributed by atoms with van der Waals surface area (Å²) in [4.78, 5) is 39.2. The van der Waals surface area contributed by atoms with Crippen molar-refractivity contribution < 1.29 is 34.4 Å². The van der Waals surface area contributed by atoms with Gasteiger partial charge in [-0.3, -0.25) is 9.59 Å². The molecule has 42 heavy (non-hydrogen) atoms. The molecule has 0 aromatic heterocycles. The molecular weight excluding hydrogens is 538 g/mol. The van der Waals surface area contributed by atoms with Crippen molar-refractivity contribution in [2.24, 2.45) is 11.8 Å². The maximum atomic E-state index is 13.7. The Morgan fingerprint density at radius 1 is 0.833 bits per heavy atom. The third kappa shape index (κ3) is 12.6. The summed E-state index contributed by atoms with van der Waals surface area (Å²) in [5, 5.41) is 38.3. The number of carbonyl (C=O) groups is 3. The number of alkyl carbamates (subject to hydrolysis) is 1. The predicted molar refractivity (Wildman–Crippen MR) is 160 cm³/mol. The average molecular weight is 586 g/mol. The standard InChI is InChI=1S/C32H47N3O7/c1-21(2)28(30(40)33-19-25(37)20-36)35-29(39)24(16-22-12-8-6-9-13-22)18-27(38)26(17-23-14-10-7-11-15-23)34-31(41)42-32(3,4)5/h6-15,21,24-28,36-38H,16-20H2,1-5H3,(H,33,40)(H,34,41)(H,35,39)/t24-,25?,26+,27+,28+/m1/s1. The molecule has 0 saturated heterocycles. The molecule has 0 heterocycles. The number of nitrogens with one attached hydrogen (secondary N) is 3. The molecule has 0 fully saturated rings. The SMILES string of the molecule is CC(C)[C@H](NC(=O)[C@H](Cc1ccccc1)C[C@H](O)[C@H](Cc1ccccc1)NC(=O)OC(C)(C)C)C(=O)NCC(O)CO. The highest BCUT2D eigenvalue weighted by Gasteiger charge is 2.32. The number of benzene rings is 2. The van der Waals surface area contributed by atoms with Crippen molar-refractivity contribution in [1.82, 2.24) is 16.0 Å². The van der Waals surface area contributed by atoms with Crippen molar-refractivity contribution in [2.75, 3.05) is 13.2 Å². The fourth-order valence-electron chi connectivity index (χ4n) is 4.45. The van der Waals surface area contributed by atoms with E-state index in [2.05, 4.69) is 16.0 Å². The van der Waals surface area contributed by atoms with Crippen LogP contribution < -0.4 is 16.0 Å². The molecule has 2 aromatic rings. The van der Waals surface area contributed by atoms with Crippen LogP contribution >= 0.6 is 0 Å². The Morgan fingerprint density at radius 3 is 1.88 bits per heavy atom. The molecule has 0 bridgehead atoms. The molecular formula is C32H47N3O7. The quantitative estimate of drug-likeness (QED) is 0.187. The number of hydrogen-bond donors (Lipinski definition) is 6. The molecule has 3 amide bonds. The third-order valence-corrected chi connectivity index (χ3v) is 6.66. The number of carbonyl (C=O) groups excluding carboxylic acids is 3. The lowest BCUT2D eigenvalue weighted by atomic mass is 9.88. The Kier molecular flexibility index (Phi) is 13.9. The lowest BCUT2D eigenvalue weighted by Gasteiger charge is -2.30. The van der Waals surface area contributed by atoms with E-state index in [-0.39, 0.29) is 18.9 Å². The van der Waals surface area contributed by atoms with Crippen LogP contribution in [0.2, 0.25) is 0 Å². The normalized spacial score (nSPS) is 15.2. The molecule has 10 nitrogen and oxygen atoms in total. The minimum absolute atomic E-state index is 0.00366. The van der Waals surface area contributed by atoms with Crippen LogP contribution in [0.25, 0.3) is 0 Å². The number of ether oxygens (including phenoxy) is 1. The first kappa shape index (κ1) is 34.7. The van der Waals surface area contributed by atoms with E-state index >= 15 is 0 Å². The Balaban J connectivity index is 2.29. The van der Waals surface area contributed by atoms with Gasteiger partial charge in [0, 0.05) is 12.5 Å². The zero-order chi connectivity index (χ0) is 31.3. The van der Waals surface area contributed by atoms with Gasteiger partial charge in [-0.05, 0) is 57.1 Å². The lowest BCUT2D eigenvalue weighted by Crippen LogP contribution is -2.53. The maximum absolute atomic E-state index is 13.7. The van der Waals surface area contributed by atoms with E-state index < -0.39 is 60.3 Å². The van der Waals surface area contributed by atoms with Crippen molar-refractivity contribution in [3.63, 3.8) is 0 Å². The van der Waals surface area contributed by atoms with Gasteiger partial charge >= 0.3 is 6.09 Å². The molecule has 0 aliphatic carbocycles. The fourth-order valence-corrected chi connectivity index (χ4v) is 4.45. The molecule has 6 N–H and O–H groups in total. The molecule has 10 heteroatoms. The third-order valence-electron chi connectivity index (χ3n) is 6.66. The van der Waals surface area contributed by atoms with Gasteiger partial charge in [0.25, 0.3) is 0 Å². The van der Waals surface area contributed by atoms with Gasteiger partial charge in [0.1, 0.15) is 11.6 Å². The van der Waals surface area contributed by atoms with Gasteiger partial charge in [0.15, 0.2) is 0 Å². The summed E-state index contributed by atoms with van der Waals surface area (Å²) in [6.45, 7) is 8.17. The molecule has 0 radical (unpaired) electrons. The van der Waals surface area contributed by atoms with E-state index in [4.69, 9.17) is 9.84 Å². The summed E-state index contributed by atoms with van der Waals surface area (Å²) >= 11 is 0. The van der Waals surface area contributed by atoms with Gasteiger partial charge in [0.05, 0.1) is 24.9 Å². The Labute approximate surface area is 248 Å². The van der Waals surface area contributed by atoms with E-state index in [9.17, 15) is 24.6 Å². The first-order valence-corrected chi connectivity index (χ1v) is 14.4. The number of amides is 3.